The Morgan fingerprint density at radius 1 is 0.703 bits per heavy atom. The monoisotopic (exact) mass is 483 g/mol. The Morgan fingerprint density at radius 3 is 2.24 bits per heavy atom. The summed E-state index contributed by atoms with van der Waals surface area (Å²) in [6.45, 7) is 6.65. The first kappa shape index (κ1) is 24.4. The number of nitrogens with zero attached hydrogens (tertiary/aromatic N) is 1. The van der Waals surface area contributed by atoms with Gasteiger partial charge in [0.1, 0.15) is 5.75 Å². The summed E-state index contributed by atoms with van der Waals surface area (Å²) in [4.78, 5) is 2.34. The van der Waals surface area contributed by atoms with E-state index in [2.05, 4.69) is 134 Å². The molecule has 0 atom stereocenters. The number of fused-ring (bicyclic) bond motifs is 1. The SMILES string of the molecule is C=CCCCCOc1ccc(N(c2cccc(-c3cccc(C)c3)c2)c2cccc3ccccc23)cc1. The first-order valence-corrected chi connectivity index (χ1v) is 13.0. The minimum absolute atomic E-state index is 0.721. The van der Waals surface area contributed by atoms with Crippen LogP contribution < -0.4 is 9.64 Å². The van der Waals surface area contributed by atoms with Crippen molar-refractivity contribution in [2.75, 3.05) is 11.5 Å². The molecule has 0 radical (unpaired) electrons. The van der Waals surface area contributed by atoms with E-state index in [0.717, 1.165) is 48.7 Å². The number of hydrogen-bond donors (Lipinski definition) is 0. The highest BCUT2D eigenvalue weighted by molar-refractivity contribution is 5.99. The molecule has 0 fully saturated rings. The Labute approximate surface area is 220 Å². The first-order chi connectivity index (χ1) is 18.2. The fraction of sp³-hybridized carbons (Fsp3) is 0.143. The summed E-state index contributed by atoms with van der Waals surface area (Å²) in [7, 11) is 0. The van der Waals surface area contributed by atoms with Crippen LogP contribution in [0.1, 0.15) is 24.8 Å². The van der Waals surface area contributed by atoms with E-state index in [1.54, 1.807) is 0 Å². The second-order valence-corrected chi connectivity index (χ2v) is 9.38. The lowest BCUT2D eigenvalue weighted by atomic mass is 10.0. The molecule has 0 spiro atoms. The second-order valence-electron chi connectivity index (χ2n) is 9.38. The number of aryl methyl sites for hydroxylation is 1. The average molecular weight is 484 g/mol. The van der Waals surface area contributed by atoms with Gasteiger partial charge in [0.25, 0.3) is 0 Å². The highest BCUT2D eigenvalue weighted by Crippen LogP contribution is 2.40. The van der Waals surface area contributed by atoms with E-state index in [9.17, 15) is 0 Å². The molecular weight excluding hydrogens is 450 g/mol. The normalized spacial score (nSPS) is 10.8. The maximum atomic E-state index is 6.00. The molecular formula is C35H33NO. The van der Waals surface area contributed by atoms with Crippen LogP contribution in [0.25, 0.3) is 21.9 Å². The molecule has 0 saturated carbocycles. The molecule has 0 unspecified atom stereocenters. The van der Waals surface area contributed by atoms with E-state index in [1.807, 2.05) is 6.08 Å². The van der Waals surface area contributed by atoms with E-state index >= 15 is 0 Å². The molecule has 0 aliphatic carbocycles. The largest absolute Gasteiger partial charge is 0.494 e. The van der Waals surface area contributed by atoms with Crippen molar-refractivity contribution < 1.29 is 4.74 Å². The van der Waals surface area contributed by atoms with E-state index in [0.29, 0.717) is 0 Å². The van der Waals surface area contributed by atoms with Crippen LogP contribution in [0, 0.1) is 6.92 Å². The smallest absolute Gasteiger partial charge is 0.119 e. The average Bonchev–Trinajstić information content (AvgIpc) is 2.94. The number of hydrogen-bond acceptors (Lipinski definition) is 2. The van der Waals surface area contributed by atoms with Crippen LogP contribution in [0.4, 0.5) is 17.1 Å². The zero-order chi connectivity index (χ0) is 25.5. The van der Waals surface area contributed by atoms with Crippen molar-refractivity contribution in [2.24, 2.45) is 0 Å². The van der Waals surface area contributed by atoms with Crippen molar-refractivity contribution in [1.82, 2.24) is 0 Å². The maximum absolute atomic E-state index is 6.00. The highest BCUT2D eigenvalue weighted by atomic mass is 16.5. The van der Waals surface area contributed by atoms with Gasteiger partial charge in [-0.05, 0) is 85.2 Å². The van der Waals surface area contributed by atoms with Gasteiger partial charge < -0.3 is 9.64 Å². The summed E-state index contributed by atoms with van der Waals surface area (Å²) in [6, 6.07) is 41.0. The highest BCUT2D eigenvalue weighted by Gasteiger charge is 2.16. The van der Waals surface area contributed by atoms with Gasteiger partial charge in [-0.3, -0.25) is 0 Å². The van der Waals surface area contributed by atoms with Crippen LogP contribution in [0.5, 0.6) is 5.75 Å². The summed E-state index contributed by atoms with van der Waals surface area (Å²) < 4.78 is 6.00. The van der Waals surface area contributed by atoms with Crippen molar-refractivity contribution in [3.63, 3.8) is 0 Å². The predicted octanol–water partition coefficient (Wildman–Crippen LogP) is 10.0. The quantitative estimate of drug-likeness (QED) is 0.145. The Balaban J connectivity index is 1.54. The molecule has 0 heterocycles. The van der Waals surface area contributed by atoms with Crippen molar-refractivity contribution in [2.45, 2.75) is 26.2 Å². The Morgan fingerprint density at radius 2 is 1.43 bits per heavy atom. The third kappa shape index (κ3) is 5.76. The van der Waals surface area contributed by atoms with Gasteiger partial charge in [-0.15, -0.1) is 6.58 Å². The summed E-state index contributed by atoms with van der Waals surface area (Å²) in [5, 5.41) is 2.44. The van der Waals surface area contributed by atoms with Crippen LogP contribution in [0.3, 0.4) is 0 Å². The third-order valence-electron chi connectivity index (χ3n) is 6.63. The number of rotatable bonds is 10. The van der Waals surface area contributed by atoms with Gasteiger partial charge in [-0.25, -0.2) is 0 Å². The number of ether oxygens (including phenoxy) is 1. The van der Waals surface area contributed by atoms with E-state index in [4.69, 9.17) is 4.74 Å². The van der Waals surface area contributed by atoms with Crippen LogP contribution in [-0.4, -0.2) is 6.61 Å². The predicted molar refractivity (Wildman–Crippen MR) is 158 cm³/mol. The zero-order valence-electron chi connectivity index (χ0n) is 21.4. The Kier molecular flexibility index (Phi) is 7.66. The maximum Gasteiger partial charge on any atom is 0.119 e. The molecule has 2 nitrogen and oxygen atoms in total. The molecule has 0 aliphatic heterocycles. The van der Waals surface area contributed by atoms with Crippen LogP contribution >= 0.6 is 0 Å². The van der Waals surface area contributed by atoms with Crippen LogP contribution in [-0.2, 0) is 0 Å². The summed E-state index contributed by atoms with van der Waals surface area (Å²) in [6.07, 6.45) is 5.13. The van der Waals surface area contributed by atoms with Gasteiger partial charge in [0.05, 0.1) is 12.3 Å². The lowest BCUT2D eigenvalue weighted by Gasteiger charge is -2.27. The summed E-state index contributed by atoms with van der Waals surface area (Å²) >= 11 is 0. The molecule has 37 heavy (non-hydrogen) atoms. The molecule has 0 amide bonds. The lowest BCUT2D eigenvalue weighted by Crippen LogP contribution is -2.10. The molecule has 0 saturated heterocycles. The van der Waals surface area contributed by atoms with Gasteiger partial charge >= 0.3 is 0 Å². The van der Waals surface area contributed by atoms with Gasteiger partial charge in [-0.1, -0.05) is 84.4 Å². The molecule has 184 valence electrons. The van der Waals surface area contributed by atoms with E-state index < -0.39 is 0 Å². The molecule has 2 heteroatoms. The first-order valence-electron chi connectivity index (χ1n) is 13.0. The Bertz CT molecular complexity index is 1480. The number of allylic oxidation sites excluding steroid dienone is 1. The fourth-order valence-corrected chi connectivity index (χ4v) is 4.75. The van der Waals surface area contributed by atoms with Gasteiger partial charge in [0, 0.05) is 16.8 Å². The molecule has 5 rings (SSSR count). The van der Waals surface area contributed by atoms with Crippen LogP contribution in [0.15, 0.2) is 128 Å². The Hall–Kier alpha value is -4.30. The van der Waals surface area contributed by atoms with Crippen molar-refractivity contribution in [1.29, 1.82) is 0 Å². The van der Waals surface area contributed by atoms with Crippen LogP contribution in [0.2, 0.25) is 0 Å². The molecule has 0 aliphatic rings. The molecule has 0 N–H and O–H groups in total. The molecule has 5 aromatic rings. The van der Waals surface area contributed by atoms with Gasteiger partial charge in [0.2, 0.25) is 0 Å². The standard InChI is InChI=1S/C35H33NO/c1-3-4-5-8-24-37-33-22-20-31(21-23-33)36(35-19-11-14-28-13-6-7-18-34(28)35)32-17-10-16-30(26-32)29-15-9-12-27(2)25-29/h3,6-7,9-23,25-26H,1,4-5,8,24H2,2H3. The van der Waals surface area contributed by atoms with Gasteiger partial charge in [0.15, 0.2) is 0 Å². The molecule has 0 bridgehead atoms. The number of benzene rings is 5. The zero-order valence-corrected chi connectivity index (χ0v) is 21.4. The van der Waals surface area contributed by atoms with Crippen molar-refractivity contribution in [3.05, 3.63) is 133 Å². The van der Waals surface area contributed by atoms with Crippen molar-refractivity contribution >= 4 is 27.8 Å². The number of anilines is 3. The van der Waals surface area contributed by atoms with Crippen molar-refractivity contribution in [3.8, 4) is 16.9 Å². The second kappa shape index (κ2) is 11.6. The topological polar surface area (TPSA) is 12.5 Å². The van der Waals surface area contributed by atoms with E-state index in [-0.39, 0.29) is 0 Å². The van der Waals surface area contributed by atoms with E-state index in [1.165, 1.54) is 27.5 Å². The fourth-order valence-electron chi connectivity index (χ4n) is 4.75. The minimum atomic E-state index is 0.721. The molecule has 5 aromatic carbocycles. The minimum Gasteiger partial charge on any atom is -0.494 e. The third-order valence-corrected chi connectivity index (χ3v) is 6.63. The summed E-state index contributed by atoms with van der Waals surface area (Å²) in [5.74, 6) is 0.897. The molecule has 0 aromatic heterocycles. The lowest BCUT2D eigenvalue weighted by molar-refractivity contribution is 0.307. The van der Waals surface area contributed by atoms with Gasteiger partial charge in [-0.2, -0.15) is 0 Å². The number of unbranched alkanes of at least 4 members (excludes halogenated alkanes) is 2. The summed E-state index contributed by atoms with van der Waals surface area (Å²) in [5.41, 5.74) is 7.04.